The van der Waals surface area contributed by atoms with Crippen LogP contribution in [0.3, 0.4) is 0 Å². The summed E-state index contributed by atoms with van der Waals surface area (Å²) >= 11 is 1.80. The first kappa shape index (κ1) is 12.8. The van der Waals surface area contributed by atoms with Crippen molar-refractivity contribution in [2.24, 2.45) is 0 Å². The molecule has 0 N–H and O–H groups in total. The van der Waals surface area contributed by atoms with Crippen LogP contribution in [0.15, 0.2) is 42.6 Å². The highest BCUT2D eigenvalue weighted by Crippen LogP contribution is 2.35. The third-order valence-corrected chi connectivity index (χ3v) is 5.26. The zero-order valence-electron chi connectivity index (χ0n) is 12.0. The highest BCUT2D eigenvalue weighted by atomic mass is 32.1. The molecule has 106 valence electrons. The number of nitrogens with zero attached hydrogens (tertiary/aromatic N) is 3. The molecule has 1 aromatic carbocycles. The Bertz CT molecular complexity index is 766. The number of rotatable bonds is 2. The topological polar surface area (TPSA) is 29.0 Å². The highest BCUT2D eigenvalue weighted by molar-refractivity contribution is 7.22. The predicted molar refractivity (Wildman–Crippen MR) is 88.2 cm³/mol. The number of benzene rings is 1. The first-order valence-electron chi connectivity index (χ1n) is 7.33. The number of pyridine rings is 1. The number of hydrogen-bond acceptors (Lipinski definition) is 4. The normalized spacial score (nSPS) is 18.5. The first-order chi connectivity index (χ1) is 10.3. The monoisotopic (exact) mass is 295 g/mol. The summed E-state index contributed by atoms with van der Waals surface area (Å²) in [6.45, 7) is 4.22. The van der Waals surface area contributed by atoms with Gasteiger partial charge in [0.1, 0.15) is 0 Å². The Labute approximate surface area is 128 Å². The molecule has 1 unspecified atom stereocenters. The molecule has 3 aromatic rings. The second kappa shape index (κ2) is 5.11. The number of fused-ring (bicyclic) bond motifs is 1. The molecule has 0 spiro atoms. The van der Waals surface area contributed by atoms with E-state index in [2.05, 4.69) is 47.1 Å². The molecule has 3 heterocycles. The van der Waals surface area contributed by atoms with Crippen molar-refractivity contribution < 1.29 is 0 Å². The van der Waals surface area contributed by atoms with Crippen LogP contribution < -0.4 is 4.90 Å². The van der Waals surface area contributed by atoms with Crippen LogP contribution in [0, 0.1) is 6.92 Å². The zero-order chi connectivity index (χ0) is 14.2. The Morgan fingerprint density at radius 3 is 2.95 bits per heavy atom. The maximum Gasteiger partial charge on any atom is 0.186 e. The van der Waals surface area contributed by atoms with Gasteiger partial charge < -0.3 is 4.90 Å². The van der Waals surface area contributed by atoms with E-state index in [0.29, 0.717) is 5.92 Å². The number of para-hydroxylation sites is 1. The van der Waals surface area contributed by atoms with E-state index in [1.165, 1.54) is 16.0 Å². The van der Waals surface area contributed by atoms with E-state index in [1.807, 2.05) is 12.3 Å². The maximum atomic E-state index is 4.85. The van der Waals surface area contributed by atoms with Gasteiger partial charge >= 0.3 is 0 Å². The Hall–Kier alpha value is -1.94. The van der Waals surface area contributed by atoms with Crippen LogP contribution in [0.1, 0.15) is 23.6 Å². The number of aromatic nitrogens is 2. The number of aryl methyl sites for hydroxylation is 1. The van der Waals surface area contributed by atoms with Crippen molar-refractivity contribution in [2.75, 3.05) is 18.0 Å². The molecule has 21 heavy (non-hydrogen) atoms. The molecule has 1 aliphatic rings. The summed E-state index contributed by atoms with van der Waals surface area (Å²) in [5, 5.41) is 1.15. The van der Waals surface area contributed by atoms with Gasteiger partial charge in [-0.25, -0.2) is 4.98 Å². The van der Waals surface area contributed by atoms with Gasteiger partial charge in [-0.3, -0.25) is 4.98 Å². The highest BCUT2D eigenvalue weighted by Gasteiger charge is 2.26. The van der Waals surface area contributed by atoms with Gasteiger partial charge in [0.15, 0.2) is 5.13 Å². The Morgan fingerprint density at radius 1 is 1.19 bits per heavy atom. The molecular formula is C17H17N3S. The molecular weight excluding hydrogens is 278 g/mol. The van der Waals surface area contributed by atoms with Crippen molar-refractivity contribution in [3.8, 4) is 0 Å². The predicted octanol–water partition coefficient (Wildman–Crippen LogP) is 3.99. The maximum absolute atomic E-state index is 4.85. The molecule has 0 bridgehead atoms. The standard InChI is InChI=1S/C17H17N3S/c1-12-5-4-7-15-16(12)19-17(21-15)20-10-8-13(11-20)14-6-2-3-9-18-14/h2-7,9,13H,8,10-11H2,1H3. The van der Waals surface area contributed by atoms with Gasteiger partial charge in [0.05, 0.1) is 10.2 Å². The van der Waals surface area contributed by atoms with Gasteiger partial charge in [-0.1, -0.05) is 29.5 Å². The lowest BCUT2D eigenvalue weighted by Crippen LogP contribution is -2.19. The van der Waals surface area contributed by atoms with E-state index in [4.69, 9.17) is 4.98 Å². The van der Waals surface area contributed by atoms with Gasteiger partial charge in [0, 0.05) is 30.9 Å². The van der Waals surface area contributed by atoms with Crippen molar-refractivity contribution in [2.45, 2.75) is 19.3 Å². The Balaban J connectivity index is 1.61. The summed E-state index contributed by atoms with van der Waals surface area (Å²) < 4.78 is 1.28. The van der Waals surface area contributed by atoms with E-state index >= 15 is 0 Å². The van der Waals surface area contributed by atoms with Crippen molar-refractivity contribution in [1.82, 2.24) is 9.97 Å². The van der Waals surface area contributed by atoms with Gasteiger partial charge in [-0.2, -0.15) is 0 Å². The average molecular weight is 295 g/mol. The lowest BCUT2D eigenvalue weighted by atomic mass is 10.0. The van der Waals surface area contributed by atoms with Crippen LogP contribution >= 0.6 is 11.3 Å². The number of anilines is 1. The molecule has 1 fully saturated rings. The summed E-state index contributed by atoms with van der Waals surface area (Å²) in [5.74, 6) is 0.527. The minimum Gasteiger partial charge on any atom is -0.347 e. The third kappa shape index (κ3) is 2.29. The minimum absolute atomic E-state index is 0.527. The molecule has 0 aliphatic carbocycles. The van der Waals surface area contributed by atoms with Crippen LogP contribution in [0.2, 0.25) is 0 Å². The Morgan fingerprint density at radius 2 is 2.14 bits per heavy atom. The smallest absolute Gasteiger partial charge is 0.186 e. The minimum atomic E-state index is 0.527. The third-order valence-electron chi connectivity index (χ3n) is 4.17. The van der Waals surface area contributed by atoms with Gasteiger partial charge in [0.25, 0.3) is 0 Å². The molecule has 1 aliphatic heterocycles. The molecule has 0 amide bonds. The SMILES string of the molecule is Cc1cccc2sc(N3CCC(c4ccccn4)C3)nc12. The summed E-state index contributed by atoms with van der Waals surface area (Å²) in [4.78, 5) is 11.8. The number of thiazole rings is 1. The molecule has 1 atom stereocenters. The van der Waals surface area contributed by atoms with Crippen molar-refractivity contribution in [3.05, 3.63) is 53.9 Å². The Kier molecular flexibility index (Phi) is 3.11. The second-order valence-electron chi connectivity index (χ2n) is 5.60. The fourth-order valence-electron chi connectivity index (χ4n) is 3.00. The van der Waals surface area contributed by atoms with Gasteiger partial charge in [-0.15, -0.1) is 0 Å². The van der Waals surface area contributed by atoms with Crippen LogP contribution in [0.4, 0.5) is 5.13 Å². The summed E-state index contributed by atoms with van der Waals surface area (Å²) in [5.41, 5.74) is 3.62. The fraction of sp³-hybridized carbons (Fsp3) is 0.294. The van der Waals surface area contributed by atoms with Crippen molar-refractivity contribution in [3.63, 3.8) is 0 Å². The average Bonchev–Trinajstić information content (AvgIpc) is 3.15. The van der Waals surface area contributed by atoms with Crippen LogP contribution in [-0.2, 0) is 0 Å². The van der Waals surface area contributed by atoms with Gasteiger partial charge in [-0.05, 0) is 37.1 Å². The molecule has 0 saturated carbocycles. The van der Waals surface area contributed by atoms with E-state index in [1.54, 1.807) is 11.3 Å². The zero-order valence-corrected chi connectivity index (χ0v) is 12.8. The molecule has 0 radical (unpaired) electrons. The largest absolute Gasteiger partial charge is 0.347 e. The van der Waals surface area contributed by atoms with Crippen LogP contribution in [0.5, 0.6) is 0 Å². The van der Waals surface area contributed by atoms with Gasteiger partial charge in [0.2, 0.25) is 0 Å². The van der Waals surface area contributed by atoms with E-state index in [-0.39, 0.29) is 0 Å². The quantitative estimate of drug-likeness (QED) is 0.715. The molecule has 4 heteroatoms. The lowest BCUT2D eigenvalue weighted by Gasteiger charge is -2.14. The van der Waals surface area contributed by atoms with Crippen molar-refractivity contribution in [1.29, 1.82) is 0 Å². The van der Waals surface area contributed by atoms with E-state index < -0.39 is 0 Å². The fourth-order valence-corrected chi connectivity index (χ4v) is 4.08. The summed E-state index contributed by atoms with van der Waals surface area (Å²) in [7, 11) is 0. The first-order valence-corrected chi connectivity index (χ1v) is 8.15. The molecule has 4 rings (SSSR count). The van der Waals surface area contributed by atoms with E-state index in [0.717, 1.165) is 30.2 Å². The molecule has 1 saturated heterocycles. The van der Waals surface area contributed by atoms with Crippen molar-refractivity contribution >= 4 is 26.7 Å². The van der Waals surface area contributed by atoms with Crippen LogP contribution in [0.25, 0.3) is 10.2 Å². The lowest BCUT2D eigenvalue weighted by molar-refractivity contribution is 0.744. The summed E-state index contributed by atoms with van der Waals surface area (Å²) in [6.07, 6.45) is 3.05. The molecule has 3 nitrogen and oxygen atoms in total. The summed E-state index contributed by atoms with van der Waals surface area (Å²) in [6, 6.07) is 12.6. The second-order valence-corrected chi connectivity index (χ2v) is 6.61. The van der Waals surface area contributed by atoms with Crippen LogP contribution in [-0.4, -0.2) is 23.1 Å². The van der Waals surface area contributed by atoms with E-state index in [9.17, 15) is 0 Å². The molecule has 2 aromatic heterocycles. The number of hydrogen-bond donors (Lipinski definition) is 0.